The van der Waals surface area contributed by atoms with Crippen molar-refractivity contribution in [2.24, 2.45) is 0 Å². The van der Waals surface area contributed by atoms with Gasteiger partial charge in [-0.3, -0.25) is 0 Å². The van der Waals surface area contributed by atoms with Gasteiger partial charge in [0.15, 0.2) is 0 Å². The van der Waals surface area contributed by atoms with Gasteiger partial charge in [0.25, 0.3) is 0 Å². The molecule has 0 N–H and O–H groups in total. The van der Waals surface area contributed by atoms with Crippen LogP contribution in [0.3, 0.4) is 0 Å². The molecule has 0 heterocycles. The normalized spacial score (nSPS) is 8.93. The molecule has 0 saturated carbocycles. The van der Waals surface area contributed by atoms with Gasteiger partial charge in [-0.2, -0.15) is 85.4 Å². The molecule has 0 bridgehead atoms. The minimum Gasteiger partial charge on any atom is -2.00 e. The van der Waals surface area contributed by atoms with Crippen LogP contribution >= 0.6 is 0 Å². The fourth-order valence-corrected chi connectivity index (χ4v) is 0. The van der Waals surface area contributed by atoms with Crippen LogP contribution in [0.15, 0.2) is 0 Å². The van der Waals surface area contributed by atoms with E-state index in [1.165, 1.54) is 0 Å². The molecule has 0 amide bonds. The smallest absolute Gasteiger partial charge is 1.00 e. The van der Waals surface area contributed by atoms with Gasteiger partial charge in [-0.25, -0.2) is 0 Å². The van der Waals surface area contributed by atoms with Crippen LogP contribution in [0.4, 0.5) is 0 Å². The third kappa shape index (κ3) is 3860. The van der Waals surface area contributed by atoms with Crippen molar-refractivity contribution in [3.63, 3.8) is 0 Å². The third-order valence-electron chi connectivity index (χ3n) is 0. The first kappa shape index (κ1) is 326. The first-order chi connectivity index (χ1) is 36.0. The molecule has 0 spiro atoms. The van der Waals surface area contributed by atoms with Crippen LogP contribution < -0.4 is 0 Å². The molecule has 0 aromatic heterocycles. The Morgan fingerprint density at radius 1 is 0.0744 bits per heavy atom. The first-order valence-electron chi connectivity index (χ1n) is 30.7. The molecule has 0 aromatic rings. The molecule has 0 atom stereocenters. The van der Waals surface area contributed by atoms with E-state index in [0.29, 0.717) is 0 Å². The van der Waals surface area contributed by atoms with Gasteiger partial charge in [-0.1, -0.05) is 374 Å². The molecule has 894 valence electrons. The second kappa shape index (κ2) is 174. The molecular weight excluding hydrogens is 7380 g/mol. The van der Waals surface area contributed by atoms with E-state index >= 15 is 0 Å². The minimum atomic E-state index is 0. The number of hydrogen-bond acceptors (Lipinski definition) is 18. The predicted molar refractivity (Wildman–Crippen MR) is 495 cm³/mol. The Labute approximate surface area is 1340 Å². The summed E-state index contributed by atoms with van der Waals surface area (Å²) in [6.45, 7) is 108. The summed E-state index contributed by atoms with van der Waals surface area (Å²) < 4.78 is 1.50. The van der Waals surface area contributed by atoms with E-state index in [1.807, 2.05) is 374 Å². The van der Waals surface area contributed by atoms with Gasteiger partial charge in [0, 0.05) is 224 Å². The van der Waals surface area contributed by atoms with Gasteiger partial charge in [0.1, 0.15) is 0 Å². The van der Waals surface area contributed by atoms with E-state index in [4.69, 9.17) is 227 Å². The van der Waals surface area contributed by atoms with Crippen LogP contribution in [0, 0.1) is 0 Å². The van der Waals surface area contributed by atoms with Crippen molar-refractivity contribution >= 4 is 241 Å². The number of rotatable bonds is 0. The molecule has 0 nitrogen and oxygen atoms in total. The Kier molecular flexibility index (Phi) is 469. The summed E-state index contributed by atoms with van der Waals surface area (Å²) in [6, 6.07) is 0. The molecule has 0 saturated heterocycles. The van der Waals surface area contributed by atoms with Crippen molar-refractivity contribution < 1.29 is 671 Å². The summed E-state index contributed by atoms with van der Waals surface area (Å²) in [5, 5.41) is 0. The maximum atomic E-state index is 4.83. The van der Waals surface area contributed by atoms with Crippen LogP contribution in [-0.2, 0) is 912 Å². The van der Waals surface area contributed by atoms with Crippen LogP contribution in [0.2, 0.25) is 0 Å². The van der Waals surface area contributed by atoms with Crippen LogP contribution in [0.25, 0.3) is 0 Å². The Morgan fingerprint density at radius 2 is 0.0744 bits per heavy atom. The summed E-state index contributed by atoms with van der Waals surface area (Å²) in [7, 11) is 0. The Balaban J connectivity index is -0.00000000951. The summed E-state index contributed by atoms with van der Waals surface area (Å²) >= 11 is 86.9. The van der Waals surface area contributed by atoms with Crippen molar-refractivity contribution in [2.45, 2.75) is 459 Å². The zero-order valence-electron chi connectivity index (χ0n) is 79.8. The van der Waals surface area contributed by atoms with Gasteiger partial charge >= 0.3 is 448 Å². The summed E-state index contributed by atoms with van der Waals surface area (Å²) in [6.07, 6.45) is 0. The molecule has 121 heavy (non-hydrogen) atoms. The molecule has 0 aromatic carbocycles. The molecule has 10 radical (unpaired) electrons. The fourth-order valence-electron chi connectivity index (χ4n) is 0. The van der Waals surface area contributed by atoms with Gasteiger partial charge in [-0.15, -0.1) is 0 Å². The van der Waals surface area contributed by atoms with E-state index in [0.717, 1.165) is 0 Å². The van der Waals surface area contributed by atoms with E-state index < -0.39 is 0 Å². The Hall–Kier alpha value is 28.9. The molecule has 0 rings (SSSR count). The number of hydrogen-bond donors (Lipinski definition) is 0. The zero-order valence-corrected chi connectivity index (χ0v) is 160. The van der Waals surface area contributed by atoms with Crippen molar-refractivity contribution in [3.8, 4) is 0 Å². The molecule has 0 aliphatic carbocycles. The largest absolute Gasteiger partial charge is 2.00 e. The maximum absolute atomic E-state index is 4.83. The molecule has 0 aliphatic heterocycles. The van der Waals surface area contributed by atoms with Crippen molar-refractivity contribution in [1.29, 1.82) is 0 Å². The minimum absolute atomic E-state index is 0. The average molecular weight is 7550 g/mol. The molecule has 0 unspecified atom stereocenters. The van der Waals surface area contributed by atoms with Gasteiger partial charge in [0.2, 0.25) is 0 Å². The second-order valence-electron chi connectivity index (χ2n) is 38.0. The standard InChI is InChI=1S/18C4H10S.30Au.S/c18*1-4(2,3)5;;;;;;;;;;;;;;;;;;;;;;;;;;;;;;;/h18*5H,1-3H3;;;;;;;;;;;;;;;;;;;;;;;;;;;;;;;/q;;;;;;;;;;;;;;;;;;;;;;;;;;;;20*+1;-2/p-18. The molecule has 0 aliphatic rings. The second-order valence-corrected chi connectivity index (χ2v) is 60.1. The van der Waals surface area contributed by atoms with E-state index in [2.05, 4.69) is 0 Å². The van der Waals surface area contributed by atoms with E-state index in [-0.39, 0.29) is 770 Å². The van der Waals surface area contributed by atoms with Crippen molar-refractivity contribution in [3.05, 3.63) is 0 Å². The Morgan fingerprint density at radius 3 is 0.0744 bits per heavy atom. The molecular formula is C72H162Au30S19. The molecule has 49 heteroatoms. The van der Waals surface area contributed by atoms with Gasteiger partial charge < -0.3 is 241 Å². The summed E-state index contributed by atoms with van der Waals surface area (Å²) in [5.41, 5.74) is 0. The topological polar surface area (TPSA) is 0 Å². The third-order valence-corrected chi connectivity index (χ3v) is 0. The SMILES string of the molecule is CC(C)(C)[S-].CC(C)(C)[S-].CC(C)(C)[S-].CC(C)(C)[S-].CC(C)(C)[S-].CC(C)(C)[S-].CC(C)(C)[S-].CC(C)(C)[S-].CC(C)(C)[S-].CC(C)(C)[S-].CC(C)(C)[S-].CC(C)(C)[S-].CC(C)(C)[S-].CC(C)(C)[S-].CC(C)(C)[S-].CC(C)(C)[S-].CC(C)(C)[S-].CC(C)(C)[S-].[Au+].[Au+].[Au+].[Au+].[Au+].[Au+].[Au+].[Au+].[Au+].[Au+].[Au+].[Au+].[Au+].[Au+].[Au+].[Au+].[Au+].[Au+].[Au+].[Au+].[Au].[Au].[Au].[Au].[Au].[Au].[Au].[Au].[Au].[Au].[S-2]. The van der Waals surface area contributed by atoms with Gasteiger partial charge in [-0.05, 0) is 0 Å². The van der Waals surface area contributed by atoms with Gasteiger partial charge in [0.05, 0.1) is 0 Å². The van der Waals surface area contributed by atoms with E-state index in [9.17, 15) is 0 Å². The molecule has 0 fully saturated rings. The zero-order chi connectivity index (χ0) is 81.0. The maximum Gasteiger partial charge on any atom is 1.00 e. The van der Waals surface area contributed by atoms with Crippen LogP contribution in [0.1, 0.15) is 374 Å². The fraction of sp³-hybridized carbons (Fsp3) is 1.00. The average Bonchev–Trinajstić information content (AvgIpc) is 2.79. The van der Waals surface area contributed by atoms with Crippen LogP contribution in [-0.4, -0.2) is 85.4 Å². The van der Waals surface area contributed by atoms with E-state index in [1.54, 1.807) is 0 Å². The van der Waals surface area contributed by atoms with Crippen LogP contribution in [0.5, 0.6) is 0 Å². The van der Waals surface area contributed by atoms with Crippen molar-refractivity contribution in [1.82, 2.24) is 0 Å². The monoisotopic (exact) mass is 7540 g/mol. The quantitative estimate of drug-likeness (QED) is 0.167. The summed E-state index contributed by atoms with van der Waals surface area (Å²) in [4.78, 5) is 0. The Bertz CT molecular complexity index is 895. The van der Waals surface area contributed by atoms with Crippen molar-refractivity contribution in [2.75, 3.05) is 0 Å². The summed E-state index contributed by atoms with van der Waals surface area (Å²) in [5.74, 6) is 0. The first-order valence-corrected chi connectivity index (χ1v) is 38.0. The predicted octanol–water partition coefficient (Wildman–Crippen LogP) is 23.9.